The SMILES string of the molecule is Cc1nc(NC(C)(C)C)ccc1C(=O)c1ccccc1. The maximum Gasteiger partial charge on any atom is 0.194 e. The molecule has 1 heterocycles. The fourth-order valence-corrected chi connectivity index (χ4v) is 2.00. The predicted molar refractivity (Wildman–Crippen MR) is 82.2 cm³/mol. The molecule has 0 aliphatic carbocycles. The van der Waals surface area contributed by atoms with E-state index in [-0.39, 0.29) is 11.3 Å². The highest BCUT2D eigenvalue weighted by molar-refractivity contribution is 6.09. The number of hydrogen-bond donors (Lipinski definition) is 1. The highest BCUT2D eigenvalue weighted by Crippen LogP contribution is 2.17. The van der Waals surface area contributed by atoms with Crippen molar-refractivity contribution in [2.24, 2.45) is 0 Å². The van der Waals surface area contributed by atoms with Crippen molar-refractivity contribution in [2.45, 2.75) is 33.2 Å². The third-order valence-electron chi connectivity index (χ3n) is 2.87. The van der Waals surface area contributed by atoms with E-state index in [0.717, 1.165) is 11.5 Å². The molecule has 0 spiro atoms. The Labute approximate surface area is 120 Å². The summed E-state index contributed by atoms with van der Waals surface area (Å²) in [6, 6.07) is 13.0. The van der Waals surface area contributed by atoms with Crippen LogP contribution in [-0.4, -0.2) is 16.3 Å². The average Bonchev–Trinajstić information content (AvgIpc) is 2.37. The average molecular weight is 268 g/mol. The molecule has 1 N–H and O–H groups in total. The molecule has 0 aliphatic rings. The number of ketones is 1. The number of aromatic nitrogens is 1. The van der Waals surface area contributed by atoms with Crippen molar-refractivity contribution < 1.29 is 4.79 Å². The monoisotopic (exact) mass is 268 g/mol. The van der Waals surface area contributed by atoms with Crippen LogP contribution in [0.2, 0.25) is 0 Å². The first-order valence-electron chi connectivity index (χ1n) is 6.72. The summed E-state index contributed by atoms with van der Waals surface area (Å²) in [5, 5.41) is 3.31. The number of carbonyl (C=O) groups is 1. The molecule has 0 unspecified atom stereocenters. The van der Waals surface area contributed by atoms with Gasteiger partial charge in [-0.05, 0) is 39.8 Å². The first kappa shape index (κ1) is 14.3. The molecule has 0 fully saturated rings. The minimum atomic E-state index is -0.0512. The van der Waals surface area contributed by atoms with Gasteiger partial charge in [0.15, 0.2) is 5.78 Å². The molecule has 0 atom stereocenters. The molecule has 2 aromatic rings. The standard InChI is InChI=1S/C17H20N2O/c1-12-14(16(20)13-8-6-5-7-9-13)10-11-15(18-12)19-17(2,3)4/h5-11H,1-4H3,(H,18,19). The Bertz CT molecular complexity index is 613. The van der Waals surface area contributed by atoms with Crippen LogP contribution in [0.3, 0.4) is 0 Å². The van der Waals surface area contributed by atoms with Crippen molar-refractivity contribution in [1.82, 2.24) is 4.98 Å². The van der Waals surface area contributed by atoms with Gasteiger partial charge in [0.2, 0.25) is 0 Å². The van der Waals surface area contributed by atoms with Gasteiger partial charge in [0.1, 0.15) is 5.82 Å². The number of benzene rings is 1. The number of carbonyl (C=O) groups excluding carboxylic acids is 1. The number of nitrogens with zero attached hydrogens (tertiary/aromatic N) is 1. The molecule has 3 nitrogen and oxygen atoms in total. The van der Waals surface area contributed by atoms with Gasteiger partial charge in [0.05, 0.1) is 5.69 Å². The Balaban J connectivity index is 2.29. The molecular weight excluding hydrogens is 248 g/mol. The Kier molecular flexibility index (Phi) is 3.89. The molecule has 0 amide bonds. The molecule has 0 saturated carbocycles. The van der Waals surface area contributed by atoms with Gasteiger partial charge in [-0.1, -0.05) is 30.3 Å². The highest BCUT2D eigenvalue weighted by atomic mass is 16.1. The van der Waals surface area contributed by atoms with E-state index in [1.54, 1.807) is 0 Å². The zero-order valence-electron chi connectivity index (χ0n) is 12.4. The molecule has 0 aliphatic heterocycles. The summed E-state index contributed by atoms with van der Waals surface area (Å²) in [6.45, 7) is 8.09. The molecule has 1 aromatic carbocycles. The minimum absolute atomic E-state index is 0.0120. The van der Waals surface area contributed by atoms with Crippen molar-refractivity contribution in [2.75, 3.05) is 5.32 Å². The first-order valence-corrected chi connectivity index (χ1v) is 6.72. The van der Waals surface area contributed by atoms with E-state index in [1.165, 1.54) is 0 Å². The summed E-state index contributed by atoms with van der Waals surface area (Å²) in [5.41, 5.74) is 2.03. The first-order chi connectivity index (χ1) is 9.37. The lowest BCUT2D eigenvalue weighted by atomic mass is 10.0. The van der Waals surface area contributed by atoms with Gasteiger partial charge >= 0.3 is 0 Å². The van der Waals surface area contributed by atoms with Crippen LogP contribution >= 0.6 is 0 Å². The molecule has 0 bridgehead atoms. The van der Waals surface area contributed by atoms with Crippen LogP contribution in [0, 0.1) is 6.92 Å². The molecule has 104 valence electrons. The van der Waals surface area contributed by atoms with E-state index in [2.05, 4.69) is 31.1 Å². The normalized spacial score (nSPS) is 11.2. The van der Waals surface area contributed by atoms with Crippen LogP contribution in [0.5, 0.6) is 0 Å². The topological polar surface area (TPSA) is 42.0 Å². The molecule has 0 radical (unpaired) electrons. The van der Waals surface area contributed by atoms with E-state index in [4.69, 9.17) is 0 Å². The number of anilines is 1. The lowest BCUT2D eigenvalue weighted by Crippen LogP contribution is -2.26. The second-order valence-electron chi connectivity index (χ2n) is 5.90. The predicted octanol–water partition coefficient (Wildman–Crippen LogP) is 3.83. The van der Waals surface area contributed by atoms with Crippen LogP contribution in [0.1, 0.15) is 42.4 Å². The second kappa shape index (κ2) is 5.45. The lowest BCUT2D eigenvalue weighted by molar-refractivity contribution is 0.103. The van der Waals surface area contributed by atoms with Gasteiger partial charge in [-0.25, -0.2) is 4.98 Å². The van der Waals surface area contributed by atoms with Gasteiger partial charge in [0.25, 0.3) is 0 Å². The van der Waals surface area contributed by atoms with Crippen LogP contribution in [-0.2, 0) is 0 Å². The molecule has 20 heavy (non-hydrogen) atoms. The fourth-order valence-electron chi connectivity index (χ4n) is 2.00. The summed E-state index contributed by atoms with van der Waals surface area (Å²) in [6.07, 6.45) is 0. The van der Waals surface area contributed by atoms with Gasteiger partial charge in [-0.2, -0.15) is 0 Å². The Morgan fingerprint density at radius 1 is 1.05 bits per heavy atom. The maximum atomic E-state index is 12.4. The summed E-state index contributed by atoms with van der Waals surface area (Å²) in [4.78, 5) is 16.9. The quantitative estimate of drug-likeness (QED) is 0.860. The third kappa shape index (κ3) is 3.44. The molecule has 0 saturated heterocycles. The van der Waals surface area contributed by atoms with Crippen molar-refractivity contribution in [3.63, 3.8) is 0 Å². The number of nitrogens with one attached hydrogen (secondary N) is 1. The van der Waals surface area contributed by atoms with Crippen molar-refractivity contribution >= 4 is 11.6 Å². The minimum Gasteiger partial charge on any atom is -0.365 e. The smallest absolute Gasteiger partial charge is 0.194 e. The number of pyridine rings is 1. The Morgan fingerprint density at radius 2 is 1.70 bits per heavy atom. The number of rotatable bonds is 3. The second-order valence-corrected chi connectivity index (χ2v) is 5.90. The lowest BCUT2D eigenvalue weighted by Gasteiger charge is -2.21. The van der Waals surface area contributed by atoms with E-state index in [1.807, 2.05) is 49.4 Å². The zero-order chi connectivity index (χ0) is 14.8. The molecular formula is C17H20N2O. The van der Waals surface area contributed by atoms with E-state index in [0.29, 0.717) is 11.1 Å². The van der Waals surface area contributed by atoms with Gasteiger partial charge in [0, 0.05) is 16.7 Å². The highest BCUT2D eigenvalue weighted by Gasteiger charge is 2.15. The third-order valence-corrected chi connectivity index (χ3v) is 2.87. The zero-order valence-corrected chi connectivity index (χ0v) is 12.4. The number of hydrogen-bond acceptors (Lipinski definition) is 3. The fraction of sp³-hybridized carbons (Fsp3) is 0.294. The largest absolute Gasteiger partial charge is 0.365 e. The van der Waals surface area contributed by atoms with Crippen LogP contribution in [0.15, 0.2) is 42.5 Å². The summed E-state index contributed by atoms with van der Waals surface area (Å²) in [5.74, 6) is 0.803. The Morgan fingerprint density at radius 3 is 2.25 bits per heavy atom. The van der Waals surface area contributed by atoms with Crippen LogP contribution in [0.25, 0.3) is 0 Å². The van der Waals surface area contributed by atoms with Crippen LogP contribution < -0.4 is 5.32 Å². The summed E-state index contributed by atoms with van der Waals surface area (Å²) >= 11 is 0. The van der Waals surface area contributed by atoms with Gasteiger partial charge in [-0.3, -0.25) is 4.79 Å². The maximum absolute atomic E-state index is 12.4. The van der Waals surface area contributed by atoms with E-state index < -0.39 is 0 Å². The van der Waals surface area contributed by atoms with Gasteiger partial charge < -0.3 is 5.32 Å². The van der Waals surface area contributed by atoms with Crippen molar-refractivity contribution in [3.05, 3.63) is 59.3 Å². The van der Waals surface area contributed by atoms with Gasteiger partial charge in [-0.15, -0.1) is 0 Å². The summed E-state index contributed by atoms with van der Waals surface area (Å²) in [7, 11) is 0. The molecule has 1 aromatic heterocycles. The number of aryl methyl sites for hydroxylation is 1. The van der Waals surface area contributed by atoms with Crippen molar-refractivity contribution in [1.29, 1.82) is 0 Å². The Hall–Kier alpha value is -2.16. The van der Waals surface area contributed by atoms with Crippen molar-refractivity contribution in [3.8, 4) is 0 Å². The van der Waals surface area contributed by atoms with E-state index >= 15 is 0 Å². The molecule has 2 rings (SSSR count). The van der Waals surface area contributed by atoms with Crippen LogP contribution in [0.4, 0.5) is 5.82 Å². The van der Waals surface area contributed by atoms with E-state index in [9.17, 15) is 4.79 Å². The summed E-state index contributed by atoms with van der Waals surface area (Å²) < 4.78 is 0. The molecule has 3 heteroatoms.